The first-order chi connectivity index (χ1) is 9.63. The van der Waals surface area contributed by atoms with Gasteiger partial charge in [-0.3, -0.25) is 4.79 Å². The van der Waals surface area contributed by atoms with Crippen molar-refractivity contribution in [3.05, 3.63) is 53.1 Å². The number of halogens is 1. The van der Waals surface area contributed by atoms with Crippen molar-refractivity contribution in [2.24, 2.45) is 0 Å². The lowest BCUT2D eigenvalue weighted by Crippen LogP contribution is -2.37. The molecule has 1 heterocycles. The van der Waals surface area contributed by atoms with E-state index in [1.54, 1.807) is 12.1 Å². The molecule has 1 aliphatic heterocycles. The summed E-state index contributed by atoms with van der Waals surface area (Å²) in [7, 11) is 0. The van der Waals surface area contributed by atoms with Crippen LogP contribution < -0.4 is 16.0 Å². The summed E-state index contributed by atoms with van der Waals surface area (Å²) in [6, 6.07) is 13.1. The third-order valence-corrected chi connectivity index (χ3v) is 3.55. The molecule has 1 amide bonds. The summed E-state index contributed by atoms with van der Waals surface area (Å²) >= 11 is 6.01. The normalized spacial score (nSPS) is 13.8. The predicted molar refractivity (Wildman–Crippen MR) is 82.0 cm³/mol. The first kappa shape index (κ1) is 12.8. The summed E-state index contributed by atoms with van der Waals surface area (Å²) in [4.78, 5) is 13.8. The van der Waals surface area contributed by atoms with Crippen molar-refractivity contribution in [3.8, 4) is 0 Å². The maximum atomic E-state index is 11.8. The zero-order valence-electron chi connectivity index (χ0n) is 10.8. The van der Waals surface area contributed by atoms with Gasteiger partial charge in [0.25, 0.3) is 0 Å². The Morgan fingerprint density at radius 3 is 2.90 bits per heavy atom. The van der Waals surface area contributed by atoms with E-state index in [0.717, 1.165) is 16.9 Å². The van der Waals surface area contributed by atoms with E-state index >= 15 is 0 Å². The second kappa shape index (κ2) is 5.06. The molecule has 0 bridgehead atoms. The molecule has 0 fully saturated rings. The molecule has 0 saturated heterocycles. The number of para-hydroxylation sites is 2. The molecular weight excluding hydrogens is 274 g/mol. The average Bonchev–Trinajstić information content (AvgIpc) is 2.43. The molecule has 2 aromatic rings. The average molecular weight is 288 g/mol. The van der Waals surface area contributed by atoms with E-state index < -0.39 is 0 Å². The Morgan fingerprint density at radius 1 is 1.25 bits per heavy atom. The van der Waals surface area contributed by atoms with E-state index in [9.17, 15) is 4.79 Å². The highest BCUT2D eigenvalue weighted by atomic mass is 35.5. The van der Waals surface area contributed by atoms with Crippen LogP contribution in [0.2, 0.25) is 5.02 Å². The van der Waals surface area contributed by atoms with E-state index in [4.69, 9.17) is 17.3 Å². The highest BCUT2D eigenvalue weighted by molar-refractivity contribution is 6.30. The Kier molecular flexibility index (Phi) is 3.24. The van der Waals surface area contributed by atoms with Crippen LogP contribution in [0.1, 0.15) is 5.56 Å². The van der Waals surface area contributed by atoms with Gasteiger partial charge in [0, 0.05) is 17.3 Å². The lowest BCUT2D eigenvalue weighted by atomic mass is 10.1. The summed E-state index contributed by atoms with van der Waals surface area (Å²) in [6.45, 7) is 0.861. The van der Waals surface area contributed by atoms with Gasteiger partial charge in [0.2, 0.25) is 5.91 Å². The van der Waals surface area contributed by atoms with Gasteiger partial charge in [-0.05, 0) is 35.9 Å². The van der Waals surface area contributed by atoms with Crippen LogP contribution >= 0.6 is 11.6 Å². The molecule has 3 N–H and O–H groups in total. The summed E-state index contributed by atoms with van der Waals surface area (Å²) in [5, 5.41) is 3.51. The van der Waals surface area contributed by atoms with E-state index in [0.29, 0.717) is 23.8 Å². The second-order valence-electron chi connectivity index (χ2n) is 4.76. The van der Waals surface area contributed by atoms with Gasteiger partial charge >= 0.3 is 0 Å². The van der Waals surface area contributed by atoms with Crippen molar-refractivity contribution in [2.45, 2.75) is 6.54 Å². The molecule has 0 spiro atoms. The van der Waals surface area contributed by atoms with Gasteiger partial charge < -0.3 is 16.0 Å². The molecule has 3 rings (SSSR count). The van der Waals surface area contributed by atoms with Crippen LogP contribution in [0, 0.1) is 0 Å². The molecule has 0 aliphatic carbocycles. The molecule has 1 aliphatic rings. The van der Waals surface area contributed by atoms with Crippen molar-refractivity contribution >= 4 is 34.6 Å². The first-order valence-corrected chi connectivity index (χ1v) is 6.69. The minimum absolute atomic E-state index is 0.0238. The maximum absolute atomic E-state index is 11.8. The summed E-state index contributed by atoms with van der Waals surface area (Å²) < 4.78 is 0. The van der Waals surface area contributed by atoms with Gasteiger partial charge in [-0.25, -0.2) is 0 Å². The Labute approximate surface area is 122 Å². The zero-order chi connectivity index (χ0) is 14.1. The Morgan fingerprint density at radius 2 is 2.05 bits per heavy atom. The van der Waals surface area contributed by atoms with E-state index in [-0.39, 0.29) is 5.91 Å². The lowest BCUT2D eigenvalue weighted by molar-refractivity contribution is -0.115. The van der Waals surface area contributed by atoms with Crippen molar-refractivity contribution in [1.29, 1.82) is 0 Å². The number of hydrogen-bond donors (Lipinski definition) is 2. The van der Waals surface area contributed by atoms with E-state index in [1.165, 1.54) is 0 Å². The van der Waals surface area contributed by atoms with Gasteiger partial charge in [-0.2, -0.15) is 0 Å². The number of hydrogen-bond acceptors (Lipinski definition) is 3. The van der Waals surface area contributed by atoms with Crippen LogP contribution in [-0.2, 0) is 11.3 Å². The molecule has 0 atom stereocenters. The molecule has 0 aromatic heterocycles. The fraction of sp³-hybridized carbons (Fsp3) is 0.133. The highest BCUT2D eigenvalue weighted by Crippen LogP contribution is 2.31. The minimum Gasteiger partial charge on any atom is -0.398 e. The fourth-order valence-corrected chi connectivity index (χ4v) is 2.56. The van der Waals surface area contributed by atoms with Gasteiger partial charge in [-0.15, -0.1) is 0 Å². The van der Waals surface area contributed by atoms with Crippen LogP contribution in [0.15, 0.2) is 42.5 Å². The molecule has 2 aromatic carbocycles. The number of amides is 1. The number of carbonyl (C=O) groups is 1. The standard InChI is InChI=1S/C15H14ClN3O/c16-11-5-6-12(17)10(7-11)8-19-9-15(20)18-13-3-1-2-4-14(13)19/h1-7H,8-9,17H2,(H,18,20). The Balaban J connectivity index is 1.95. The summed E-state index contributed by atoms with van der Waals surface area (Å²) in [6.07, 6.45) is 0. The smallest absolute Gasteiger partial charge is 0.243 e. The number of nitrogens with one attached hydrogen (secondary N) is 1. The molecule has 102 valence electrons. The van der Waals surface area contributed by atoms with Crippen LogP contribution in [0.4, 0.5) is 17.1 Å². The van der Waals surface area contributed by atoms with Gasteiger partial charge in [-0.1, -0.05) is 23.7 Å². The number of benzene rings is 2. The number of anilines is 3. The monoisotopic (exact) mass is 287 g/mol. The number of rotatable bonds is 2. The van der Waals surface area contributed by atoms with Gasteiger partial charge in [0.1, 0.15) is 0 Å². The van der Waals surface area contributed by atoms with Gasteiger partial charge in [0.05, 0.1) is 17.9 Å². The highest BCUT2D eigenvalue weighted by Gasteiger charge is 2.22. The van der Waals surface area contributed by atoms with Crippen LogP contribution in [0.3, 0.4) is 0 Å². The van der Waals surface area contributed by atoms with Crippen molar-refractivity contribution in [3.63, 3.8) is 0 Å². The molecule has 20 heavy (non-hydrogen) atoms. The molecule has 0 radical (unpaired) electrons. The summed E-state index contributed by atoms with van der Waals surface area (Å²) in [5.41, 5.74) is 9.39. The second-order valence-corrected chi connectivity index (χ2v) is 5.20. The lowest BCUT2D eigenvalue weighted by Gasteiger charge is -2.31. The molecular formula is C15H14ClN3O. The number of fused-ring (bicyclic) bond motifs is 1. The molecule has 5 heteroatoms. The van der Waals surface area contributed by atoms with Crippen LogP contribution in [-0.4, -0.2) is 12.5 Å². The SMILES string of the molecule is Nc1ccc(Cl)cc1CN1CC(=O)Nc2ccccc21. The van der Waals surface area contributed by atoms with Crippen LogP contribution in [0.5, 0.6) is 0 Å². The molecule has 0 unspecified atom stereocenters. The fourth-order valence-electron chi connectivity index (χ4n) is 2.36. The third-order valence-electron chi connectivity index (χ3n) is 3.32. The van der Waals surface area contributed by atoms with Crippen molar-refractivity contribution < 1.29 is 4.79 Å². The zero-order valence-corrected chi connectivity index (χ0v) is 11.5. The van der Waals surface area contributed by atoms with Crippen molar-refractivity contribution in [1.82, 2.24) is 0 Å². The summed E-state index contributed by atoms with van der Waals surface area (Å²) in [5.74, 6) is -0.0238. The number of nitrogens with two attached hydrogens (primary N) is 1. The van der Waals surface area contributed by atoms with E-state index in [2.05, 4.69) is 5.32 Å². The van der Waals surface area contributed by atoms with Gasteiger partial charge in [0.15, 0.2) is 0 Å². The number of carbonyl (C=O) groups excluding carboxylic acids is 1. The Bertz CT molecular complexity index is 672. The predicted octanol–water partition coefficient (Wildman–Crippen LogP) is 2.88. The topological polar surface area (TPSA) is 58.4 Å². The minimum atomic E-state index is -0.0238. The quantitative estimate of drug-likeness (QED) is 0.835. The largest absolute Gasteiger partial charge is 0.398 e. The first-order valence-electron chi connectivity index (χ1n) is 6.31. The molecule has 0 saturated carbocycles. The van der Waals surface area contributed by atoms with E-state index in [1.807, 2.05) is 35.2 Å². The third kappa shape index (κ3) is 2.42. The number of nitrogen functional groups attached to an aromatic ring is 1. The Hall–Kier alpha value is -2.20. The maximum Gasteiger partial charge on any atom is 0.243 e. The van der Waals surface area contributed by atoms with Crippen molar-refractivity contribution in [2.75, 3.05) is 22.5 Å². The van der Waals surface area contributed by atoms with Crippen LogP contribution in [0.25, 0.3) is 0 Å². The number of nitrogens with zero attached hydrogens (tertiary/aromatic N) is 1. The molecule has 4 nitrogen and oxygen atoms in total.